The van der Waals surface area contributed by atoms with Gasteiger partial charge in [0, 0.05) is 43.8 Å². The SMILES string of the molecule is CN1CCN(c2ccc(-n3ccc4nc(N)nc(Nc5ccccc5NS(C)(=O)=O)c43)cc2)CC1. The van der Waals surface area contributed by atoms with Gasteiger partial charge in [-0.1, -0.05) is 12.1 Å². The summed E-state index contributed by atoms with van der Waals surface area (Å²) < 4.78 is 28.2. The molecule has 0 unspecified atom stereocenters. The molecule has 0 spiro atoms. The highest BCUT2D eigenvalue weighted by atomic mass is 32.2. The molecule has 1 saturated heterocycles. The molecule has 5 rings (SSSR count). The lowest BCUT2D eigenvalue weighted by Crippen LogP contribution is -2.44. The molecule has 10 nitrogen and oxygen atoms in total. The number of para-hydroxylation sites is 2. The Morgan fingerprint density at radius 2 is 1.54 bits per heavy atom. The van der Waals surface area contributed by atoms with Crippen LogP contribution in [0.15, 0.2) is 60.8 Å². The molecular formula is C24H28N8O2S. The van der Waals surface area contributed by atoms with Gasteiger partial charge in [-0.2, -0.15) is 4.98 Å². The van der Waals surface area contributed by atoms with Crippen molar-refractivity contribution in [1.29, 1.82) is 0 Å². The highest BCUT2D eigenvalue weighted by Crippen LogP contribution is 2.32. The smallest absolute Gasteiger partial charge is 0.229 e. The molecule has 0 atom stereocenters. The Balaban J connectivity index is 1.51. The van der Waals surface area contributed by atoms with Crippen molar-refractivity contribution in [2.75, 3.05) is 60.2 Å². The van der Waals surface area contributed by atoms with Crippen LogP contribution in [0.3, 0.4) is 0 Å². The second-order valence-corrected chi connectivity index (χ2v) is 10.4. The Morgan fingerprint density at radius 1 is 0.886 bits per heavy atom. The summed E-state index contributed by atoms with van der Waals surface area (Å²) in [4.78, 5) is 13.5. The average molecular weight is 493 g/mol. The number of sulfonamides is 1. The Morgan fingerprint density at radius 3 is 2.23 bits per heavy atom. The number of benzene rings is 2. The van der Waals surface area contributed by atoms with E-state index in [0.29, 0.717) is 22.7 Å². The summed E-state index contributed by atoms with van der Waals surface area (Å²) in [5.74, 6) is 0.597. The van der Waals surface area contributed by atoms with Crippen LogP contribution in [0.4, 0.5) is 28.8 Å². The van der Waals surface area contributed by atoms with Crippen molar-refractivity contribution in [3.05, 3.63) is 60.8 Å². The van der Waals surface area contributed by atoms with Crippen molar-refractivity contribution in [1.82, 2.24) is 19.4 Å². The van der Waals surface area contributed by atoms with Crippen LogP contribution in [0.25, 0.3) is 16.7 Å². The molecule has 0 amide bonds. The minimum absolute atomic E-state index is 0.122. The standard InChI is InChI=1S/C24H28N8O2S/c1-30-13-15-31(16-14-30)17-7-9-18(10-8-17)32-12-11-21-22(32)23(28-24(25)27-21)26-19-5-3-4-6-20(19)29-35(2,33)34/h3-12,29H,13-16H2,1-2H3,(H3,25,26,27,28). The van der Waals surface area contributed by atoms with Gasteiger partial charge in [0.25, 0.3) is 0 Å². The van der Waals surface area contributed by atoms with Crippen molar-refractivity contribution >= 4 is 49.9 Å². The van der Waals surface area contributed by atoms with Gasteiger partial charge in [-0.15, -0.1) is 0 Å². The highest BCUT2D eigenvalue weighted by Gasteiger charge is 2.17. The lowest BCUT2D eigenvalue weighted by atomic mass is 10.2. The minimum Gasteiger partial charge on any atom is -0.369 e. The number of nitrogen functional groups attached to an aromatic ring is 1. The van der Waals surface area contributed by atoms with E-state index in [1.807, 2.05) is 22.9 Å². The van der Waals surface area contributed by atoms with E-state index in [1.165, 1.54) is 5.69 Å². The van der Waals surface area contributed by atoms with Crippen molar-refractivity contribution in [2.24, 2.45) is 0 Å². The van der Waals surface area contributed by atoms with Crippen LogP contribution in [-0.2, 0) is 10.0 Å². The van der Waals surface area contributed by atoms with Gasteiger partial charge in [0.1, 0.15) is 5.52 Å². The number of anilines is 5. The lowest BCUT2D eigenvalue weighted by molar-refractivity contribution is 0.313. The zero-order valence-electron chi connectivity index (χ0n) is 19.6. The van der Waals surface area contributed by atoms with Crippen LogP contribution in [0.2, 0.25) is 0 Å². The molecular weight excluding hydrogens is 464 g/mol. The maximum atomic E-state index is 11.8. The molecule has 182 valence electrons. The molecule has 1 aliphatic heterocycles. The van der Waals surface area contributed by atoms with Crippen molar-refractivity contribution in [3.63, 3.8) is 0 Å². The molecule has 4 N–H and O–H groups in total. The maximum absolute atomic E-state index is 11.8. The van der Waals surface area contributed by atoms with Crippen molar-refractivity contribution < 1.29 is 8.42 Å². The third-order valence-corrected chi connectivity index (χ3v) is 6.61. The molecule has 4 aromatic rings. The molecule has 0 saturated carbocycles. The highest BCUT2D eigenvalue weighted by molar-refractivity contribution is 7.92. The second kappa shape index (κ2) is 9.08. The van der Waals surface area contributed by atoms with Gasteiger partial charge in [-0.25, -0.2) is 13.4 Å². The third kappa shape index (κ3) is 5.00. The van der Waals surface area contributed by atoms with Crippen molar-refractivity contribution in [3.8, 4) is 5.69 Å². The van der Waals surface area contributed by atoms with Crippen LogP contribution >= 0.6 is 0 Å². The summed E-state index contributed by atoms with van der Waals surface area (Å²) in [5, 5.41) is 3.25. The topological polar surface area (TPSA) is 121 Å². The summed E-state index contributed by atoms with van der Waals surface area (Å²) in [7, 11) is -1.31. The normalized spacial score (nSPS) is 14.9. The number of hydrogen-bond acceptors (Lipinski definition) is 8. The quantitative estimate of drug-likeness (QED) is 0.376. The van der Waals surface area contributed by atoms with Gasteiger partial charge >= 0.3 is 0 Å². The van der Waals surface area contributed by atoms with Crippen LogP contribution < -0.4 is 20.7 Å². The lowest BCUT2D eigenvalue weighted by Gasteiger charge is -2.34. The zero-order chi connectivity index (χ0) is 24.6. The predicted molar refractivity (Wildman–Crippen MR) is 141 cm³/mol. The molecule has 1 aliphatic rings. The van der Waals surface area contributed by atoms with Crippen LogP contribution in [0, 0.1) is 0 Å². The van der Waals surface area contributed by atoms with Gasteiger partial charge in [0.05, 0.1) is 23.1 Å². The van der Waals surface area contributed by atoms with E-state index < -0.39 is 10.0 Å². The van der Waals surface area contributed by atoms with Crippen LogP contribution in [0.5, 0.6) is 0 Å². The summed E-state index contributed by atoms with van der Waals surface area (Å²) in [6.07, 6.45) is 3.04. The van der Waals surface area contributed by atoms with Crippen molar-refractivity contribution in [2.45, 2.75) is 0 Å². The average Bonchev–Trinajstić information content (AvgIpc) is 3.24. The summed E-state index contributed by atoms with van der Waals surface area (Å²) in [6, 6.07) is 17.3. The van der Waals surface area contributed by atoms with E-state index in [4.69, 9.17) is 5.73 Å². The summed E-state index contributed by atoms with van der Waals surface area (Å²) in [5.41, 5.74) is 10.5. The van der Waals surface area contributed by atoms with E-state index in [0.717, 1.165) is 43.6 Å². The fourth-order valence-corrected chi connectivity index (χ4v) is 4.84. The third-order valence-electron chi connectivity index (χ3n) is 6.02. The first kappa shape index (κ1) is 22.9. The van der Waals surface area contributed by atoms with E-state index in [-0.39, 0.29) is 5.95 Å². The number of nitrogens with zero attached hydrogens (tertiary/aromatic N) is 5. The first-order chi connectivity index (χ1) is 16.8. The molecule has 11 heteroatoms. The Labute approximate surface area is 204 Å². The number of nitrogens with two attached hydrogens (primary N) is 1. The van der Waals surface area contributed by atoms with Crippen LogP contribution in [-0.4, -0.2) is 67.3 Å². The molecule has 3 heterocycles. The number of piperazine rings is 1. The summed E-state index contributed by atoms with van der Waals surface area (Å²) in [6.45, 7) is 4.11. The molecule has 2 aromatic carbocycles. The van der Waals surface area contributed by atoms with Crippen LogP contribution in [0.1, 0.15) is 0 Å². The Hall–Kier alpha value is -3.83. The Bertz CT molecular complexity index is 1460. The predicted octanol–water partition coefficient (Wildman–Crippen LogP) is 2.87. The van der Waals surface area contributed by atoms with Gasteiger partial charge < -0.3 is 25.4 Å². The summed E-state index contributed by atoms with van der Waals surface area (Å²) >= 11 is 0. The molecule has 0 aliphatic carbocycles. The minimum atomic E-state index is -3.46. The molecule has 2 aromatic heterocycles. The second-order valence-electron chi connectivity index (χ2n) is 8.70. The van der Waals surface area contributed by atoms with E-state index in [9.17, 15) is 8.42 Å². The van der Waals surface area contributed by atoms with Gasteiger partial charge in [-0.3, -0.25) is 4.72 Å². The monoisotopic (exact) mass is 492 g/mol. The molecule has 35 heavy (non-hydrogen) atoms. The number of nitrogens with one attached hydrogen (secondary N) is 2. The maximum Gasteiger partial charge on any atom is 0.229 e. The van der Waals surface area contributed by atoms with Gasteiger partial charge in [0.15, 0.2) is 5.82 Å². The van der Waals surface area contributed by atoms with E-state index >= 15 is 0 Å². The fraction of sp³-hybridized carbons (Fsp3) is 0.250. The number of hydrogen-bond donors (Lipinski definition) is 3. The van der Waals surface area contributed by atoms with Gasteiger partial charge in [-0.05, 0) is 49.5 Å². The number of aromatic nitrogens is 3. The molecule has 0 radical (unpaired) electrons. The number of likely N-dealkylation sites (N-methyl/N-ethyl adjacent to an activating group) is 1. The van der Waals surface area contributed by atoms with E-state index in [1.54, 1.807) is 18.2 Å². The molecule has 1 fully saturated rings. The fourth-order valence-electron chi connectivity index (χ4n) is 4.26. The van der Waals surface area contributed by atoms with Gasteiger partial charge in [0.2, 0.25) is 16.0 Å². The first-order valence-corrected chi connectivity index (χ1v) is 13.2. The zero-order valence-corrected chi connectivity index (χ0v) is 20.5. The first-order valence-electron chi connectivity index (χ1n) is 11.3. The Kier molecular flexibility index (Phi) is 5.95. The number of fused-ring (bicyclic) bond motifs is 1. The van der Waals surface area contributed by atoms with E-state index in [2.05, 4.69) is 61.1 Å². The largest absolute Gasteiger partial charge is 0.369 e. The number of rotatable bonds is 6. The molecule has 0 bridgehead atoms.